The zero-order chi connectivity index (χ0) is 14.1. The lowest BCUT2D eigenvalue weighted by atomic mass is 10.4. The number of nitrogens with zero attached hydrogens (tertiary/aromatic N) is 4. The van der Waals surface area contributed by atoms with Crippen LogP contribution < -0.4 is 5.56 Å². The number of H-pyrrole nitrogens is 1. The van der Waals surface area contributed by atoms with Gasteiger partial charge in [-0.3, -0.25) is 4.79 Å². The van der Waals surface area contributed by atoms with Crippen LogP contribution in [0.3, 0.4) is 0 Å². The fourth-order valence-corrected chi connectivity index (χ4v) is 3.45. The number of hydrogen-bond donors (Lipinski definition) is 1. The number of aromatic amines is 1. The van der Waals surface area contributed by atoms with Crippen molar-refractivity contribution in [3.8, 4) is 0 Å². The van der Waals surface area contributed by atoms with E-state index in [9.17, 15) is 4.79 Å². The highest BCUT2D eigenvalue weighted by Gasteiger charge is 2.10. The largest absolute Gasteiger partial charge is 0.309 e. The summed E-state index contributed by atoms with van der Waals surface area (Å²) in [5, 5.41) is 10.7. The van der Waals surface area contributed by atoms with Crippen molar-refractivity contribution >= 4 is 33.3 Å². The van der Waals surface area contributed by atoms with Gasteiger partial charge < -0.3 is 9.55 Å². The molecular weight excluding hydrogens is 294 g/mol. The fourth-order valence-electron chi connectivity index (χ4n) is 1.81. The Balaban J connectivity index is 1.83. The SMILES string of the molecule is CC(C)n1cnnc1SCc1nc2ccsc2c(=O)[nH]1. The van der Waals surface area contributed by atoms with Gasteiger partial charge in [-0.15, -0.1) is 21.5 Å². The monoisotopic (exact) mass is 307 g/mol. The molecule has 3 aromatic heterocycles. The second-order valence-corrected chi connectivity index (χ2v) is 6.41. The molecule has 0 atom stereocenters. The van der Waals surface area contributed by atoms with Crippen molar-refractivity contribution < 1.29 is 0 Å². The molecule has 3 aromatic rings. The summed E-state index contributed by atoms with van der Waals surface area (Å²) in [5.74, 6) is 1.22. The molecule has 0 aliphatic carbocycles. The Kier molecular flexibility index (Phi) is 3.58. The summed E-state index contributed by atoms with van der Waals surface area (Å²) in [6, 6.07) is 2.17. The molecule has 3 rings (SSSR count). The minimum atomic E-state index is -0.0778. The van der Waals surface area contributed by atoms with Gasteiger partial charge in [-0.25, -0.2) is 4.98 Å². The van der Waals surface area contributed by atoms with Crippen LogP contribution in [0.4, 0.5) is 0 Å². The fraction of sp³-hybridized carbons (Fsp3) is 0.333. The molecule has 20 heavy (non-hydrogen) atoms. The molecule has 1 N–H and O–H groups in total. The average molecular weight is 307 g/mol. The van der Waals surface area contributed by atoms with Gasteiger partial charge in [0.2, 0.25) is 0 Å². The number of rotatable bonds is 4. The van der Waals surface area contributed by atoms with E-state index >= 15 is 0 Å². The number of nitrogens with one attached hydrogen (secondary N) is 1. The highest BCUT2D eigenvalue weighted by atomic mass is 32.2. The molecular formula is C12H13N5OS2. The summed E-state index contributed by atoms with van der Waals surface area (Å²) >= 11 is 2.92. The van der Waals surface area contributed by atoms with E-state index in [4.69, 9.17) is 0 Å². The molecule has 0 spiro atoms. The summed E-state index contributed by atoms with van der Waals surface area (Å²) in [6.45, 7) is 4.15. The number of fused-ring (bicyclic) bond motifs is 1. The van der Waals surface area contributed by atoms with E-state index in [2.05, 4.69) is 34.0 Å². The van der Waals surface area contributed by atoms with E-state index in [0.29, 0.717) is 22.3 Å². The quantitative estimate of drug-likeness (QED) is 0.749. The van der Waals surface area contributed by atoms with Crippen LogP contribution in [0.25, 0.3) is 10.2 Å². The van der Waals surface area contributed by atoms with Gasteiger partial charge in [-0.05, 0) is 25.3 Å². The lowest BCUT2D eigenvalue weighted by molar-refractivity contribution is 0.549. The van der Waals surface area contributed by atoms with Crippen molar-refractivity contribution in [2.75, 3.05) is 0 Å². The van der Waals surface area contributed by atoms with Crippen molar-refractivity contribution in [3.05, 3.63) is 34.0 Å². The van der Waals surface area contributed by atoms with Gasteiger partial charge in [0.1, 0.15) is 16.9 Å². The highest BCUT2D eigenvalue weighted by molar-refractivity contribution is 7.98. The van der Waals surface area contributed by atoms with E-state index < -0.39 is 0 Å². The molecule has 0 fully saturated rings. The molecule has 0 saturated heterocycles. The molecule has 0 aliphatic rings. The van der Waals surface area contributed by atoms with Crippen LogP contribution >= 0.6 is 23.1 Å². The lowest BCUT2D eigenvalue weighted by Crippen LogP contribution is -2.09. The number of thioether (sulfide) groups is 1. The first-order valence-electron chi connectivity index (χ1n) is 6.14. The second kappa shape index (κ2) is 5.37. The number of hydrogen-bond acceptors (Lipinski definition) is 6. The first-order valence-corrected chi connectivity index (χ1v) is 8.00. The topological polar surface area (TPSA) is 76.5 Å². The van der Waals surface area contributed by atoms with Gasteiger partial charge in [0.05, 0.1) is 11.3 Å². The van der Waals surface area contributed by atoms with Gasteiger partial charge in [-0.1, -0.05) is 11.8 Å². The molecule has 0 aromatic carbocycles. The predicted octanol–water partition coefficient (Wildman–Crippen LogP) is 2.45. The van der Waals surface area contributed by atoms with Crippen LogP contribution in [0, 0.1) is 0 Å². The van der Waals surface area contributed by atoms with Crippen LogP contribution in [0.5, 0.6) is 0 Å². The first-order chi connectivity index (χ1) is 9.65. The van der Waals surface area contributed by atoms with Gasteiger partial charge in [0.25, 0.3) is 5.56 Å². The summed E-state index contributed by atoms with van der Waals surface area (Å²) < 4.78 is 2.66. The third-order valence-electron chi connectivity index (χ3n) is 2.80. The molecule has 104 valence electrons. The Bertz CT molecular complexity index is 788. The Morgan fingerprint density at radius 1 is 1.50 bits per heavy atom. The summed E-state index contributed by atoms with van der Waals surface area (Å²) in [6.07, 6.45) is 1.71. The maximum Gasteiger partial charge on any atom is 0.268 e. The minimum absolute atomic E-state index is 0.0778. The van der Waals surface area contributed by atoms with Gasteiger partial charge in [-0.2, -0.15) is 0 Å². The first kappa shape index (κ1) is 13.3. The average Bonchev–Trinajstić information content (AvgIpc) is 3.04. The van der Waals surface area contributed by atoms with Crippen LogP contribution in [0.1, 0.15) is 25.7 Å². The Morgan fingerprint density at radius 3 is 3.15 bits per heavy atom. The van der Waals surface area contributed by atoms with Crippen LogP contribution in [0.15, 0.2) is 27.7 Å². The molecule has 6 nitrogen and oxygen atoms in total. The molecule has 0 radical (unpaired) electrons. The third-order valence-corrected chi connectivity index (χ3v) is 4.67. The van der Waals surface area contributed by atoms with Gasteiger partial charge >= 0.3 is 0 Å². The zero-order valence-electron chi connectivity index (χ0n) is 11.0. The van der Waals surface area contributed by atoms with Gasteiger partial charge in [0.15, 0.2) is 5.16 Å². The van der Waals surface area contributed by atoms with Crippen molar-refractivity contribution in [3.63, 3.8) is 0 Å². The maximum absolute atomic E-state index is 11.9. The Hall–Kier alpha value is -1.67. The van der Waals surface area contributed by atoms with Gasteiger partial charge in [0, 0.05) is 6.04 Å². The van der Waals surface area contributed by atoms with Crippen molar-refractivity contribution in [1.29, 1.82) is 0 Å². The van der Waals surface area contributed by atoms with Crippen LogP contribution in [-0.2, 0) is 5.75 Å². The lowest BCUT2D eigenvalue weighted by Gasteiger charge is -2.08. The molecule has 0 amide bonds. The van der Waals surface area contributed by atoms with Crippen molar-refractivity contribution in [2.24, 2.45) is 0 Å². The van der Waals surface area contributed by atoms with E-state index in [0.717, 1.165) is 10.7 Å². The zero-order valence-corrected chi connectivity index (χ0v) is 12.7. The molecule has 0 aliphatic heterocycles. The van der Waals surface area contributed by atoms with E-state index in [-0.39, 0.29) is 5.56 Å². The standard InChI is InChI=1S/C12H13N5OS2/c1-7(2)17-6-13-16-12(17)20-5-9-14-8-3-4-19-10(8)11(18)15-9/h3-4,6-7H,5H2,1-2H3,(H,14,15,18). The normalized spacial score (nSPS) is 11.6. The summed E-state index contributed by atoms with van der Waals surface area (Å²) in [5.41, 5.74) is 0.672. The second-order valence-electron chi connectivity index (χ2n) is 4.55. The molecule has 0 unspecified atom stereocenters. The van der Waals surface area contributed by atoms with Crippen LogP contribution in [0.2, 0.25) is 0 Å². The number of aromatic nitrogens is 5. The summed E-state index contributed by atoms with van der Waals surface area (Å²) in [7, 11) is 0. The van der Waals surface area contributed by atoms with Crippen molar-refractivity contribution in [1.82, 2.24) is 24.7 Å². The van der Waals surface area contributed by atoms with E-state index in [1.54, 1.807) is 6.33 Å². The Labute approximate surface area is 123 Å². The highest BCUT2D eigenvalue weighted by Crippen LogP contribution is 2.22. The molecule has 0 saturated carbocycles. The van der Waals surface area contributed by atoms with Crippen LogP contribution in [-0.4, -0.2) is 24.7 Å². The molecule has 3 heterocycles. The molecule has 8 heteroatoms. The summed E-state index contributed by atoms with van der Waals surface area (Å²) in [4.78, 5) is 19.1. The predicted molar refractivity (Wildman–Crippen MR) is 80.2 cm³/mol. The van der Waals surface area contributed by atoms with E-state index in [1.165, 1.54) is 23.1 Å². The van der Waals surface area contributed by atoms with E-state index in [1.807, 2.05) is 16.0 Å². The van der Waals surface area contributed by atoms with Crippen molar-refractivity contribution in [2.45, 2.75) is 30.8 Å². The Morgan fingerprint density at radius 2 is 2.35 bits per heavy atom. The third kappa shape index (κ3) is 2.48. The maximum atomic E-state index is 11.9. The minimum Gasteiger partial charge on any atom is -0.309 e. The smallest absolute Gasteiger partial charge is 0.268 e. The molecule has 0 bridgehead atoms. The number of thiophene rings is 1.